The van der Waals surface area contributed by atoms with Gasteiger partial charge in [-0.25, -0.2) is 4.79 Å². The van der Waals surface area contributed by atoms with Crippen LogP contribution in [-0.4, -0.2) is 19.9 Å². The van der Waals surface area contributed by atoms with E-state index in [2.05, 4.69) is 28.9 Å². The van der Waals surface area contributed by atoms with Crippen LogP contribution in [-0.2, 0) is 18.7 Å². The number of hydrogen-bond acceptors (Lipinski definition) is 6. The fourth-order valence-electron chi connectivity index (χ4n) is 3.32. The van der Waals surface area contributed by atoms with Crippen molar-refractivity contribution in [1.29, 1.82) is 0 Å². The summed E-state index contributed by atoms with van der Waals surface area (Å²) in [6, 6.07) is 15.0. The Morgan fingerprint density at radius 1 is 1.20 bits per heavy atom. The maximum atomic E-state index is 12.1. The third kappa shape index (κ3) is 4.02. The number of allylic oxidation sites excluding steroid dienone is 1. The van der Waals surface area contributed by atoms with Gasteiger partial charge in [0.2, 0.25) is 0 Å². The van der Waals surface area contributed by atoms with Crippen molar-refractivity contribution < 1.29 is 9.52 Å². The number of aromatic hydroxyl groups is 1. The van der Waals surface area contributed by atoms with Crippen molar-refractivity contribution in [3.63, 3.8) is 0 Å². The number of nitrogens with zero attached hydrogens (tertiary/aromatic N) is 3. The van der Waals surface area contributed by atoms with E-state index in [4.69, 9.17) is 4.42 Å². The molecule has 0 bridgehead atoms. The molecule has 2 heterocycles. The molecule has 0 aliphatic rings. The summed E-state index contributed by atoms with van der Waals surface area (Å²) in [5, 5.41) is 20.2. The normalized spacial score (nSPS) is 11.1. The van der Waals surface area contributed by atoms with Gasteiger partial charge in [0, 0.05) is 35.7 Å². The first-order valence-electron chi connectivity index (χ1n) is 9.52. The molecule has 0 fully saturated rings. The minimum Gasteiger partial charge on any atom is -0.508 e. The number of thioether (sulfide) groups is 1. The van der Waals surface area contributed by atoms with Crippen molar-refractivity contribution in [2.45, 2.75) is 30.8 Å². The first-order chi connectivity index (χ1) is 14.6. The average molecular weight is 420 g/mol. The molecule has 0 atom stereocenters. The predicted molar refractivity (Wildman–Crippen MR) is 118 cm³/mol. The van der Waals surface area contributed by atoms with E-state index in [9.17, 15) is 9.90 Å². The largest absolute Gasteiger partial charge is 0.508 e. The highest BCUT2D eigenvalue weighted by molar-refractivity contribution is 7.98. The maximum absolute atomic E-state index is 12.1. The van der Waals surface area contributed by atoms with Gasteiger partial charge in [0.1, 0.15) is 17.2 Å². The smallest absolute Gasteiger partial charge is 0.336 e. The Morgan fingerprint density at radius 3 is 2.77 bits per heavy atom. The summed E-state index contributed by atoms with van der Waals surface area (Å²) in [5.74, 6) is 1.49. The summed E-state index contributed by atoms with van der Waals surface area (Å²) in [4.78, 5) is 12.1. The van der Waals surface area contributed by atoms with Crippen molar-refractivity contribution in [3.8, 4) is 5.75 Å². The molecule has 2 aromatic carbocycles. The molecule has 30 heavy (non-hydrogen) atoms. The minimum atomic E-state index is -0.441. The van der Waals surface area contributed by atoms with Crippen LogP contribution in [0.25, 0.3) is 11.0 Å². The summed E-state index contributed by atoms with van der Waals surface area (Å²) < 4.78 is 7.36. The predicted octanol–water partition coefficient (Wildman–Crippen LogP) is 4.47. The van der Waals surface area contributed by atoms with Crippen LogP contribution < -0.4 is 5.63 Å². The number of phenolic OH excluding ortho intramolecular Hbond substituents is 1. The second-order valence-corrected chi connectivity index (χ2v) is 7.87. The third-order valence-corrected chi connectivity index (χ3v) is 5.90. The van der Waals surface area contributed by atoms with Crippen molar-refractivity contribution in [3.05, 3.63) is 94.1 Å². The second-order valence-electron chi connectivity index (χ2n) is 6.93. The number of rotatable bonds is 7. The first-order valence-corrected chi connectivity index (χ1v) is 10.5. The molecular formula is C23H21N3O3S. The lowest BCUT2D eigenvalue weighted by atomic mass is 10.1. The molecule has 4 aromatic rings. The molecule has 4 rings (SSSR count). The van der Waals surface area contributed by atoms with Crippen LogP contribution in [0.3, 0.4) is 0 Å². The van der Waals surface area contributed by atoms with Gasteiger partial charge in [0.25, 0.3) is 0 Å². The van der Waals surface area contributed by atoms with Gasteiger partial charge in [-0.3, -0.25) is 0 Å². The molecule has 0 spiro atoms. The quantitative estimate of drug-likeness (QED) is 0.270. The monoisotopic (exact) mass is 419 g/mol. The van der Waals surface area contributed by atoms with E-state index in [0.29, 0.717) is 29.9 Å². The van der Waals surface area contributed by atoms with Crippen LogP contribution in [0.5, 0.6) is 5.75 Å². The maximum Gasteiger partial charge on any atom is 0.336 e. The number of benzene rings is 2. The summed E-state index contributed by atoms with van der Waals surface area (Å²) in [6.07, 6.45) is 2.50. The van der Waals surface area contributed by atoms with E-state index < -0.39 is 5.63 Å². The Bertz CT molecular complexity index is 1260. The highest BCUT2D eigenvalue weighted by Crippen LogP contribution is 2.31. The van der Waals surface area contributed by atoms with Gasteiger partial charge in [-0.2, -0.15) is 0 Å². The molecule has 7 heteroatoms. The highest BCUT2D eigenvalue weighted by Gasteiger charge is 2.15. The summed E-state index contributed by atoms with van der Waals surface area (Å²) >= 11 is 1.50. The third-order valence-electron chi connectivity index (χ3n) is 4.88. The van der Waals surface area contributed by atoms with Crippen molar-refractivity contribution >= 4 is 22.7 Å². The Balaban J connectivity index is 1.63. The van der Waals surface area contributed by atoms with E-state index in [1.165, 1.54) is 17.8 Å². The molecule has 0 saturated heterocycles. The second kappa shape index (κ2) is 8.59. The average Bonchev–Trinajstić information content (AvgIpc) is 3.11. The highest BCUT2D eigenvalue weighted by atomic mass is 32.2. The van der Waals surface area contributed by atoms with E-state index >= 15 is 0 Å². The number of fused-ring (bicyclic) bond motifs is 1. The fraction of sp³-hybridized carbons (Fsp3) is 0.174. The first kappa shape index (κ1) is 20.0. The fourth-order valence-corrected chi connectivity index (χ4v) is 4.28. The van der Waals surface area contributed by atoms with Crippen molar-refractivity contribution in [2.24, 2.45) is 0 Å². The molecule has 2 aromatic heterocycles. The summed E-state index contributed by atoms with van der Waals surface area (Å²) in [6.45, 7) is 6.18. The van der Waals surface area contributed by atoms with Gasteiger partial charge in [-0.1, -0.05) is 48.2 Å². The van der Waals surface area contributed by atoms with Crippen LogP contribution in [0.1, 0.15) is 22.5 Å². The Hall–Kier alpha value is -3.32. The molecule has 0 aliphatic carbocycles. The van der Waals surface area contributed by atoms with Gasteiger partial charge in [-0.15, -0.1) is 16.8 Å². The van der Waals surface area contributed by atoms with Crippen LogP contribution in [0, 0.1) is 6.92 Å². The zero-order chi connectivity index (χ0) is 21.1. The van der Waals surface area contributed by atoms with E-state index in [1.807, 2.05) is 28.8 Å². The minimum absolute atomic E-state index is 0.103. The molecule has 0 aliphatic heterocycles. The molecule has 0 unspecified atom stereocenters. The SMILES string of the molecule is C=CCn1c(Cc2ccccc2)nnc1SCc1cc(=O)oc2c(C)c(O)ccc12. The molecule has 0 saturated carbocycles. The van der Waals surface area contributed by atoms with Gasteiger partial charge in [0.05, 0.1) is 0 Å². The molecule has 0 radical (unpaired) electrons. The summed E-state index contributed by atoms with van der Waals surface area (Å²) in [5.41, 5.74) is 2.51. The lowest BCUT2D eigenvalue weighted by molar-refractivity contribution is 0.468. The van der Waals surface area contributed by atoms with Crippen LogP contribution >= 0.6 is 11.8 Å². The van der Waals surface area contributed by atoms with E-state index in [-0.39, 0.29) is 5.75 Å². The Morgan fingerprint density at radius 2 is 2.00 bits per heavy atom. The van der Waals surface area contributed by atoms with Crippen molar-refractivity contribution in [1.82, 2.24) is 14.8 Å². The van der Waals surface area contributed by atoms with Crippen LogP contribution in [0.4, 0.5) is 0 Å². The lowest BCUT2D eigenvalue weighted by Crippen LogP contribution is -2.05. The Kier molecular flexibility index (Phi) is 5.72. The molecule has 1 N–H and O–H groups in total. The number of phenols is 1. The number of hydrogen-bond donors (Lipinski definition) is 1. The number of aryl methyl sites for hydroxylation is 1. The summed E-state index contributed by atoms with van der Waals surface area (Å²) in [7, 11) is 0. The van der Waals surface area contributed by atoms with Crippen LogP contribution in [0.2, 0.25) is 0 Å². The van der Waals surface area contributed by atoms with Gasteiger partial charge in [0.15, 0.2) is 5.16 Å². The zero-order valence-electron chi connectivity index (χ0n) is 16.5. The Labute approximate surface area is 177 Å². The van der Waals surface area contributed by atoms with E-state index in [1.54, 1.807) is 19.1 Å². The topological polar surface area (TPSA) is 81.2 Å². The zero-order valence-corrected chi connectivity index (χ0v) is 17.4. The molecule has 152 valence electrons. The van der Waals surface area contributed by atoms with Gasteiger partial charge < -0.3 is 14.1 Å². The standard InChI is InChI=1S/C23H21N3O3S/c1-3-11-26-20(12-16-7-5-4-6-8-16)24-25-23(26)30-14-17-13-21(28)29-22-15(2)19(27)10-9-18(17)22/h3-10,13,27H,1,11-12,14H2,2H3. The lowest BCUT2D eigenvalue weighted by Gasteiger charge is -2.10. The van der Waals surface area contributed by atoms with Crippen LogP contribution in [0.15, 0.2) is 75.6 Å². The number of aromatic nitrogens is 3. The van der Waals surface area contributed by atoms with Gasteiger partial charge in [-0.05, 0) is 30.2 Å². The van der Waals surface area contributed by atoms with E-state index in [0.717, 1.165) is 27.5 Å². The molecule has 6 nitrogen and oxygen atoms in total. The molecular weight excluding hydrogens is 398 g/mol. The van der Waals surface area contributed by atoms with Crippen molar-refractivity contribution in [2.75, 3.05) is 0 Å². The molecule has 0 amide bonds. The van der Waals surface area contributed by atoms with Gasteiger partial charge >= 0.3 is 5.63 Å².